The Morgan fingerprint density at radius 1 is 1.46 bits per heavy atom. The molecule has 6 heteroatoms. The third kappa shape index (κ3) is 3.94. The topological polar surface area (TPSA) is 78.5 Å². The SMILES string of the molecule is Cc1cn[nH]c1[C@@H]1CCCN(Cc2ccccc2OCC(=O)O)C1. The van der Waals surface area contributed by atoms with E-state index in [1.54, 1.807) is 0 Å². The maximum absolute atomic E-state index is 10.7. The maximum atomic E-state index is 10.7. The van der Waals surface area contributed by atoms with Crippen LogP contribution in [0.3, 0.4) is 0 Å². The van der Waals surface area contributed by atoms with Gasteiger partial charge in [0.25, 0.3) is 0 Å². The molecule has 0 aliphatic carbocycles. The number of H-pyrrole nitrogens is 1. The Morgan fingerprint density at radius 3 is 3.04 bits per heavy atom. The van der Waals surface area contributed by atoms with Crippen molar-refractivity contribution in [3.63, 3.8) is 0 Å². The maximum Gasteiger partial charge on any atom is 0.341 e. The van der Waals surface area contributed by atoms with Crippen molar-refractivity contribution < 1.29 is 14.6 Å². The van der Waals surface area contributed by atoms with E-state index in [2.05, 4.69) is 22.0 Å². The summed E-state index contributed by atoms with van der Waals surface area (Å²) in [6.45, 7) is 4.55. The van der Waals surface area contributed by atoms with Gasteiger partial charge in [-0.25, -0.2) is 4.79 Å². The Hall–Kier alpha value is -2.34. The highest BCUT2D eigenvalue weighted by Gasteiger charge is 2.24. The number of aryl methyl sites for hydroxylation is 1. The number of aliphatic carboxylic acids is 1. The van der Waals surface area contributed by atoms with Crippen LogP contribution in [0.1, 0.15) is 35.6 Å². The lowest BCUT2D eigenvalue weighted by Gasteiger charge is -2.32. The minimum Gasteiger partial charge on any atom is -0.482 e. The number of aromatic nitrogens is 2. The predicted molar refractivity (Wildman–Crippen MR) is 90.1 cm³/mol. The zero-order valence-corrected chi connectivity index (χ0v) is 13.9. The molecule has 1 saturated heterocycles. The second kappa shape index (κ2) is 7.49. The van der Waals surface area contributed by atoms with E-state index >= 15 is 0 Å². The molecule has 1 aliphatic rings. The number of ether oxygens (including phenoxy) is 1. The normalized spacial score (nSPS) is 18.5. The number of nitrogens with one attached hydrogen (secondary N) is 1. The van der Waals surface area contributed by atoms with E-state index in [4.69, 9.17) is 9.84 Å². The second-order valence-electron chi connectivity index (χ2n) is 6.33. The molecule has 0 bridgehead atoms. The number of nitrogens with zero attached hydrogens (tertiary/aromatic N) is 2. The fourth-order valence-corrected chi connectivity index (χ4v) is 3.36. The summed E-state index contributed by atoms with van der Waals surface area (Å²) in [6.07, 6.45) is 4.18. The van der Waals surface area contributed by atoms with E-state index in [1.807, 2.05) is 30.5 Å². The quantitative estimate of drug-likeness (QED) is 0.851. The highest BCUT2D eigenvalue weighted by Crippen LogP contribution is 2.29. The first-order valence-corrected chi connectivity index (χ1v) is 8.28. The molecule has 2 heterocycles. The van der Waals surface area contributed by atoms with E-state index in [0.717, 1.165) is 38.0 Å². The molecule has 24 heavy (non-hydrogen) atoms. The molecule has 1 fully saturated rings. The molecular weight excluding hydrogens is 306 g/mol. The van der Waals surface area contributed by atoms with Crippen LogP contribution in [0.5, 0.6) is 5.75 Å². The van der Waals surface area contributed by atoms with Crippen LogP contribution in [0, 0.1) is 6.92 Å². The van der Waals surface area contributed by atoms with Gasteiger partial charge in [-0.3, -0.25) is 10.00 Å². The summed E-state index contributed by atoms with van der Waals surface area (Å²) in [5.41, 5.74) is 3.47. The van der Waals surface area contributed by atoms with E-state index in [-0.39, 0.29) is 6.61 Å². The van der Waals surface area contributed by atoms with Gasteiger partial charge in [-0.2, -0.15) is 5.10 Å². The van der Waals surface area contributed by atoms with E-state index in [1.165, 1.54) is 11.3 Å². The van der Waals surface area contributed by atoms with Crippen molar-refractivity contribution in [2.45, 2.75) is 32.2 Å². The van der Waals surface area contributed by atoms with Gasteiger partial charge >= 0.3 is 5.97 Å². The fourth-order valence-electron chi connectivity index (χ4n) is 3.36. The molecule has 2 aromatic rings. The van der Waals surface area contributed by atoms with Crippen LogP contribution >= 0.6 is 0 Å². The molecule has 1 aliphatic heterocycles. The Balaban J connectivity index is 1.67. The number of benzene rings is 1. The van der Waals surface area contributed by atoms with Crippen LogP contribution in [0.25, 0.3) is 0 Å². The van der Waals surface area contributed by atoms with Gasteiger partial charge < -0.3 is 9.84 Å². The lowest BCUT2D eigenvalue weighted by molar-refractivity contribution is -0.139. The summed E-state index contributed by atoms with van der Waals surface area (Å²) in [6, 6.07) is 7.66. The zero-order chi connectivity index (χ0) is 16.9. The Bertz CT molecular complexity index is 698. The van der Waals surface area contributed by atoms with Crippen molar-refractivity contribution in [3.05, 3.63) is 47.3 Å². The first-order chi connectivity index (χ1) is 11.6. The third-order valence-corrected chi connectivity index (χ3v) is 4.50. The predicted octanol–water partition coefficient (Wildman–Crippen LogP) is 2.56. The number of piperidine rings is 1. The van der Waals surface area contributed by atoms with Crippen LogP contribution in [0.15, 0.2) is 30.5 Å². The van der Waals surface area contributed by atoms with Gasteiger partial charge in [0.2, 0.25) is 0 Å². The first-order valence-electron chi connectivity index (χ1n) is 8.28. The molecule has 0 saturated carbocycles. The van der Waals surface area contributed by atoms with Crippen molar-refractivity contribution in [2.75, 3.05) is 19.7 Å². The van der Waals surface area contributed by atoms with Crippen molar-refractivity contribution in [3.8, 4) is 5.75 Å². The molecule has 0 spiro atoms. The summed E-state index contributed by atoms with van der Waals surface area (Å²) in [5, 5.41) is 16.1. The molecule has 0 unspecified atom stereocenters. The minimum absolute atomic E-state index is 0.313. The lowest BCUT2D eigenvalue weighted by atomic mass is 9.92. The molecule has 6 nitrogen and oxygen atoms in total. The van der Waals surface area contributed by atoms with Crippen molar-refractivity contribution in [2.24, 2.45) is 0 Å². The largest absolute Gasteiger partial charge is 0.482 e. The average Bonchev–Trinajstić information content (AvgIpc) is 3.00. The number of carboxylic acids is 1. The molecule has 1 atom stereocenters. The van der Waals surface area contributed by atoms with Crippen molar-refractivity contribution >= 4 is 5.97 Å². The van der Waals surface area contributed by atoms with Crippen LogP contribution in [-0.4, -0.2) is 45.9 Å². The molecular formula is C18H23N3O3. The summed E-state index contributed by atoms with van der Waals surface area (Å²) in [5.74, 6) is 0.158. The average molecular weight is 329 g/mol. The number of likely N-dealkylation sites (tertiary alicyclic amines) is 1. The number of rotatable bonds is 6. The number of carboxylic acid groups (broad SMARTS) is 1. The molecule has 2 N–H and O–H groups in total. The number of carbonyl (C=O) groups is 1. The van der Waals surface area contributed by atoms with Gasteiger partial charge in [0.1, 0.15) is 5.75 Å². The molecule has 3 rings (SSSR count). The third-order valence-electron chi connectivity index (χ3n) is 4.50. The van der Waals surface area contributed by atoms with Crippen LogP contribution < -0.4 is 4.74 Å². The molecule has 1 aromatic heterocycles. The lowest BCUT2D eigenvalue weighted by Crippen LogP contribution is -2.34. The molecule has 0 radical (unpaired) electrons. The van der Waals surface area contributed by atoms with E-state index in [9.17, 15) is 4.79 Å². The summed E-state index contributed by atoms with van der Waals surface area (Å²) >= 11 is 0. The molecule has 1 aromatic carbocycles. The number of hydrogen-bond donors (Lipinski definition) is 2. The molecule has 0 amide bonds. The van der Waals surface area contributed by atoms with E-state index in [0.29, 0.717) is 11.7 Å². The number of hydrogen-bond acceptors (Lipinski definition) is 4. The molecule has 128 valence electrons. The first kappa shape index (κ1) is 16.5. The highest BCUT2D eigenvalue weighted by atomic mass is 16.5. The van der Waals surface area contributed by atoms with Crippen LogP contribution in [-0.2, 0) is 11.3 Å². The fraction of sp³-hybridized carbons (Fsp3) is 0.444. The zero-order valence-electron chi connectivity index (χ0n) is 13.9. The summed E-state index contributed by atoms with van der Waals surface area (Å²) < 4.78 is 5.42. The monoisotopic (exact) mass is 329 g/mol. The van der Waals surface area contributed by atoms with Gasteiger partial charge in [-0.1, -0.05) is 18.2 Å². The number of aromatic amines is 1. The van der Waals surface area contributed by atoms with Gasteiger partial charge in [-0.05, 0) is 37.9 Å². The number of para-hydroxylation sites is 1. The Labute approximate surface area is 141 Å². The minimum atomic E-state index is -0.961. The van der Waals surface area contributed by atoms with Gasteiger partial charge in [0.05, 0.1) is 6.20 Å². The Kier molecular flexibility index (Phi) is 5.15. The smallest absolute Gasteiger partial charge is 0.341 e. The second-order valence-corrected chi connectivity index (χ2v) is 6.33. The highest BCUT2D eigenvalue weighted by molar-refractivity contribution is 5.68. The van der Waals surface area contributed by atoms with Crippen molar-refractivity contribution in [1.29, 1.82) is 0 Å². The van der Waals surface area contributed by atoms with Gasteiger partial charge in [-0.15, -0.1) is 0 Å². The summed E-state index contributed by atoms with van der Waals surface area (Å²) in [4.78, 5) is 13.1. The van der Waals surface area contributed by atoms with Crippen LogP contribution in [0.4, 0.5) is 0 Å². The van der Waals surface area contributed by atoms with Crippen molar-refractivity contribution in [1.82, 2.24) is 15.1 Å². The summed E-state index contributed by atoms with van der Waals surface area (Å²) in [7, 11) is 0. The van der Waals surface area contributed by atoms with Gasteiger partial charge in [0.15, 0.2) is 6.61 Å². The van der Waals surface area contributed by atoms with E-state index < -0.39 is 5.97 Å². The van der Waals surface area contributed by atoms with Gasteiger partial charge in [0, 0.05) is 30.3 Å². The Morgan fingerprint density at radius 2 is 2.29 bits per heavy atom. The standard InChI is InChI=1S/C18H23N3O3/c1-13-9-19-20-18(13)15-6-4-8-21(11-15)10-14-5-2-3-7-16(14)24-12-17(22)23/h2-3,5,7,9,15H,4,6,8,10-12H2,1H3,(H,19,20)(H,22,23)/t15-/m1/s1. The van der Waals surface area contributed by atoms with Crippen LogP contribution in [0.2, 0.25) is 0 Å².